The molecule has 100 valence electrons. The topological polar surface area (TPSA) is 49.5 Å². The highest BCUT2D eigenvalue weighted by Crippen LogP contribution is 2.24. The molecule has 0 spiro atoms. The van der Waals surface area contributed by atoms with Crippen molar-refractivity contribution in [3.63, 3.8) is 0 Å². The van der Waals surface area contributed by atoms with Gasteiger partial charge < -0.3 is 10.8 Å². The fraction of sp³-hybridized carbons (Fsp3) is 0.600. The minimum atomic E-state index is 0.299. The zero-order chi connectivity index (χ0) is 13.3. The molecule has 1 aliphatic heterocycles. The molecule has 2 unspecified atom stereocenters. The summed E-state index contributed by atoms with van der Waals surface area (Å²) < 4.78 is 0. The van der Waals surface area contributed by atoms with Crippen LogP contribution in [0.3, 0.4) is 0 Å². The molecule has 2 atom stereocenters. The third kappa shape index (κ3) is 3.03. The third-order valence-electron chi connectivity index (χ3n) is 3.72. The number of nitrogens with zero attached hydrogens (tertiary/aromatic N) is 1. The number of hydrogen-bond acceptors (Lipinski definition) is 3. The fourth-order valence-corrected chi connectivity index (χ4v) is 3.04. The van der Waals surface area contributed by atoms with E-state index in [-0.39, 0.29) is 0 Å². The highest BCUT2D eigenvalue weighted by molar-refractivity contribution is 5.42. The van der Waals surface area contributed by atoms with E-state index in [0.29, 0.717) is 17.7 Å². The summed E-state index contributed by atoms with van der Waals surface area (Å²) in [6, 6.07) is 4.45. The Kier molecular flexibility index (Phi) is 3.93. The molecule has 1 aromatic rings. The number of aryl methyl sites for hydroxylation is 2. The molecule has 0 aliphatic carbocycles. The van der Waals surface area contributed by atoms with Crippen LogP contribution in [0, 0.1) is 19.8 Å². The van der Waals surface area contributed by atoms with Crippen molar-refractivity contribution in [3.8, 4) is 5.75 Å². The number of likely N-dealkylation sites (tertiary alicyclic amines) is 1. The van der Waals surface area contributed by atoms with Crippen LogP contribution in [0.15, 0.2) is 12.1 Å². The van der Waals surface area contributed by atoms with Gasteiger partial charge in [-0.3, -0.25) is 4.90 Å². The van der Waals surface area contributed by atoms with Crippen molar-refractivity contribution in [2.75, 3.05) is 13.1 Å². The molecule has 0 radical (unpaired) electrons. The molecule has 1 aromatic carbocycles. The van der Waals surface area contributed by atoms with Gasteiger partial charge in [0.25, 0.3) is 0 Å². The van der Waals surface area contributed by atoms with Crippen molar-refractivity contribution in [3.05, 3.63) is 28.8 Å². The van der Waals surface area contributed by atoms with Crippen molar-refractivity contribution < 1.29 is 5.11 Å². The first-order valence-corrected chi connectivity index (χ1v) is 6.72. The monoisotopic (exact) mass is 248 g/mol. The van der Waals surface area contributed by atoms with Crippen molar-refractivity contribution in [2.45, 2.75) is 39.8 Å². The fourth-order valence-electron chi connectivity index (χ4n) is 3.04. The van der Waals surface area contributed by atoms with Crippen LogP contribution in [0.1, 0.15) is 30.0 Å². The highest BCUT2D eigenvalue weighted by Gasteiger charge is 2.22. The van der Waals surface area contributed by atoms with Crippen LogP contribution in [0.2, 0.25) is 0 Å². The Morgan fingerprint density at radius 2 is 1.89 bits per heavy atom. The summed E-state index contributed by atoms with van der Waals surface area (Å²) in [5, 5.41) is 9.79. The van der Waals surface area contributed by atoms with E-state index in [0.717, 1.165) is 37.2 Å². The van der Waals surface area contributed by atoms with E-state index in [1.165, 1.54) is 5.56 Å². The Bertz CT molecular complexity index is 397. The number of phenolic OH excluding ortho intramolecular Hbond substituents is 1. The van der Waals surface area contributed by atoms with Gasteiger partial charge in [0.15, 0.2) is 0 Å². The minimum Gasteiger partial charge on any atom is -0.507 e. The lowest BCUT2D eigenvalue weighted by Crippen LogP contribution is -2.45. The third-order valence-corrected chi connectivity index (χ3v) is 3.72. The molecule has 18 heavy (non-hydrogen) atoms. The van der Waals surface area contributed by atoms with Crippen molar-refractivity contribution in [1.82, 2.24) is 4.90 Å². The van der Waals surface area contributed by atoms with E-state index in [9.17, 15) is 5.11 Å². The van der Waals surface area contributed by atoms with E-state index in [4.69, 9.17) is 5.73 Å². The van der Waals surface area contributed by atoms with Crippen LogP contribution in [0.4, 0.5) is 0 Å². The zero-order valence-electron chi connectivity index (χ0n) is 11.6. The summed E-state index contributed by atoms with van der Waals surface area (Å²) in [5.74, 6) is 1.09. The second-order valence-corrected chi connectivity index (χ2v) is 5.87. The van der Waals surface area contributed by atoms with Gasteiger partial charge in [-0.2, -0.15) is 0 Å². The smallest absolute Gasteiger partial charge is 0.121 e. The standard InChI is InChI=1S/C15H24N2O/c1-10-4-14(16)9-17(7-10)8-13-5-11(2)15(18)12(3)6-13/h5-6,10,14,18H,4,7-9,16H2,1-3H3. The first-order chi connectivity index (χ1) is 8.45. The molecule has 3 nitrogen and oxygen atoms in total. The van der Waals surface area contributed by atoms with Crippen LogP contribution in [0.5, 0.6) is 5.75 Å². The first-order valence-electron chi connectivity index (χ1n) is 6.72. The molecule has 0 saturated carbocycles. The summed E-state index contributed by atoms with van der Waals surface area (Å²) >= 11 is 0. The number of phenols is 1. The molecular formula is C15H24N2O. The summed E-state index contributed by atoms with van der Waals surface area (Å²) in [6.45, 7) is 9.20. The number of piperidine rings is 1. The first kappa shape index (κ1) is 13.4. The molecule has 0 amide bonds. The van der Waals surface area contributed by atoms with Crippen LogP contribution in [0.25, 0.3) is 0 Å². The number of rotatable bonds is 2. The summed E-state index contributed by atoms with van der Waals surface area (Å²) in [4.78, 5) is 2.42. The molecule has 0 aromatic heterocycles. The lowest BCUT2D eigenvalue weighted by molar-refractivity contribution is 0.158. The summed E-state index contributed by atoms with van der Waals surface area (Å²) in [5.41, 5.74) is 9.25. The van der Waals surface area contributed by atoms with Gasteiger partial charge in [0.2, 0.25) is 0 Å². The lowest BCUT2D eigenvalue weighted by Gasteiger charge is -2.34. The van der Waals surface area contributed by atoms with E-state index >= 15 is 0 Å². The maximum atomic E-state index is 9.79. The molecule has 3 N–H and O–H groups in total. The van der Waals surface area contributed by atoms with Crippen LogP contribution >= 0.6 is 0 Å². The SMILES string of the molecule is Cc1cc(CN2CC(C)CC(N)C2)cc(C)c1O. The Morgan fingerprint density at radius 3 is 2.44 bits per heavy atom. The van der Waals surface area contributed by atoms with E-state index in [1.54, 1.807) is 0 Å². The Hall–Kier alpha value is -1.06. The van der Waals surface area contributed by atoms with Crippen molar-refractivity contribution in [1.29, 1.82) is 0 Å². The molecule has 1 heterocycles. The molecule has 1 saturated heterocycles. The summed E-state index contributed by atoms with van der Waals surface area (Å²) in [7, 11) is 0. The molecule has 1 aliphatic rings. The molecule has 1 fully saturated rings. The average molecular weight is 248 g/mol. The number of hydrogen-bond donors (Lipinski definition) is 2. The van der Waals surface area contributed by atoms with Crippen LogP contribution in [-0.2, 0) is 6.54 Å². The van der Waals surface area contributed by atoms with Gasteiger partial charge in [0.05, 0.1) is 0 Å². The Morgan fingerprint density at radius 1 is 1.28 bits per heavy atom. The largest absolute Gasteiger partial charge is 0.507 e. The molecular weight excluding hydrogens is 224 g/mol. The van der Waals surface area contributed by atoms with Gasteiger partial charge >= 0.3 is 0 Å². The van der Waals surface area contributed by atoms with E-state index in [1.807, 2.05) is 13.8 Å². The normalized spacial score (nSPS) is 25.3. The zero-order valence-corrected chi connectivity index (χ0v) is 11.6. The second-order valence-electron chi connectivity index (χ2n) is 5.87. The minimum absolute atomic E-state index is 0.299. The number of nitrogens with two attached hydrogens (primary N) is 1. The molecule has 2 rings (SSSR count). The van der Waals surface area contributed by atoms with Crippen molar-refractivity contribution >= 4 is 0 Å². The van der Waals surface area contributed by atoms with Gasteiger partial charge in [0, 0.05) is 25.7 Å². The van der Waals surface area contributed by atoms with Gasteiger partial charge in [-0.1, -0.05) is 19.1 Å². The quantitative estimate of drug-likeness (QED) is 0.843. The van der Waals surface area contributed by atoms with Gasteiger partial charge in [-0.25, -0.2) is 0 Å². The molecule has 0 bridgehead atoms. The van der Waals surface area contributed by atoms with Gasteiger partial charge in [0.1, 0.15) is 5.75 Å². The van der Waals surface area contributed by atoms with Crippen molar-refractivity contribution in [2.24, 2.45) is 11.7 Å². The Balaban J connectivity index is 2.09. The highest BCUT2D eigenvalue weighted by atomic mass is 16.3. The number of benzene rings is 1. The predicted octanol–water partition coefficient (Wildman–Crippen LogP) is 2.18. The lowest BCUT2D eigenvalue weighted by atomic mass is 9.96. The van der Waals surface area contributed by atoms with E-state index in [2.05, 4.69) is 24.0 Å². The van der Waals surface area contributed by atoms with Crippen LogP contribution in [-0.4, -0.2) is 29.1 Å². The van der Waals surface area contributed by atoms with Crippen LogP contribution < -0.4 is 5.73 Å². The number of aromatic hydroxyl groups is 1. The Labute approximate surface area is 110 Å². The predicted molar refractivity (Wildman–Crippen MR) is 74.6 cm³/mol. The average Bonchev–Trinajstić information content (AvgIpc) is 2.24. The maximum Gasteiger partial charge on any atom is 0.121 e. The van der Waals surface area contributed by atoms with Gasteiger partial charge in [-0.05, 0) is 42.9 Å². The van der Waals surface area contributed by atoms with Gasteiger partial charge in [-0.15, -0.1) is 0 Å². The summed E-state index contributed by atoms with van der Waals surface area (Å²) in [6.07, 6.45) is 1.13. The van der Waals surface area contributed by atoms with E-state index < -0.39 is 0 Å². The molecule has 3 heteroatoms. The second kappa shape index (κ2) is 5.29. The maximum absolute atomic E-state index is 9.79.